The van der Waals surface area contributed by atoms with Crippen LogP contribution in [0.5, 0.6) is 11.5 Å². The topological polar surface area (TPSA) is 49.7 Å². The maximum Gasteiger partial charge on any atom is 0.127 e. The molecular formula is C29H50O3. The minimum Gasteiger partial charge on any atom is -0.507 e. The van der Waals surface area contributed by atoms with E-state index in [2.05, 4.69) is 27.7 Å². The van der Waals surface area contributed by atoms with E-state index in [-0.39, 0.29) is 11.3 Å². The maximum atomic E-state index is 10.5. The van der Waals surface area contributed by atoms with E-state index >= 15 is 0 Å². The van der Waals surface area contributed by atoms with E-state index in [9.17, 15) is 10.2 Å². The number of fused-ring (bicyclic) bond motifs is 1. The second kappa shape index (κ2) is 12.3. The Morgan fingerprint density at radius 1 is 0.938 bits per heavy atom. The van der Waals surface area contributed by atoms with Gasteiger partial charge in [-0.05, 0) is 75.3 Å². The minimum atomic E-state index is -2.65. The molecule has 3 nitrogen and oxygen atoms in total. The number of rotatable bonds is 13. The van der Waals surface area contributed by atoms with Crippen LogP contribution in [0, 0.1) is 31.6 Å². The first-order chi connectivity index (χ1) is 16.2. The third kappa shape index (κ3) is 7.40. The molecule has 0 saturated carbocycles. The Morgan fingerprint density at radius 3 is 2.06 bits per heavy atom. The molecule has 0 amide bonds. The van der Waals surface area contributed by atoms with E-state index in [1.54, 1.807) is 6.92 Å². The Morgan fingerprint density at radius 2 is 1.50 bits per heavy atom. The Hall–Kier alpha value is -1.22. The van der Waals surface area contributed by atoms with Crippen molar-refractivity contribution in [3.05, 3.63) is 22.3 Å². The first kappa shape index (κ1) is 22.6. The van der Waals surface area contributed by atoms with Gasteiger partial charge in [-0.2, -0.15) is 0 Å². The second-order valence-corrected chi connectivity index (χ2v) is 11.1. The lowest BCUT2D eigenvalue weighted by Crippen LogP contribution is -2.37. The molecule has 1 aromatic carbocycles. The van der Waals surface area contributed by atoms with Crippen LogP contribution in [0.3, 0.4) is 0 Å². The Bertz CT molecular complexity index is 834. The third-order valence-corrected chi connectivity index (χ3v) is 7.50. The van der Waals surface area contributed by atoms with Crippen LogP contribution < -0.4 is 4.74 Å². The van der Waals surface area contributed by atoms with Gasteiger partial charge in [-0.25, -0.2) is 0 Å². The highest BCUT2D eigenvalue weighted by atomic mass is 16.5. The molecule has 32 heavy (non-hydrogen) atoms. The maximum absolute atomic E-state index is 10.5. The highest BCUT2D eigenvalue weighted by Gasteiger charge is 2.34. The van der Waals surface area contributed by atoms with Gasteiger partial charge in [0.25, 0.3) is 0 Å². The van der Waals surface area contributed by atoms with Gasteiger partial charge in [0.05, 0.1) is 9.30 Å². The van der Waals surface area contributed by atoms with Gasteiger partial charge in [0.15, 0.2) is 0 Å². The molecule has 2 N–H and O–H groups in total. The highest BCUT2D eigenvalue weighted by Crippen LogP contribution is 2.44. The molecule has 3 heteroatoms. The van der Waals surface area contributed by atoms with Crippen molar-refractivity contribution in [1.29, 1.82) is 0 Å². The van der Waals surface area contributed by atoms with Crippen LogP contribution in [-0.4, -0.2) is 15.8 Å². The number of hydrogen-bond donors (Lipinski definition) is 2. The normalized spacial score (nSPS) is 23.0. The van der Waals surface area contributed by atoms with Crippen LogP contribution in [0.1, 0.15) is 125 Å². The first-order valence-electron chi connectivity index (χ1n) is 14.4. The first-order valence-corrected chi connectivity index (χ1v) is 12.9. The molecule has 0 bridgehead atoms. The molecule has 4 atom stereocenters. The highest BCUT2D eigenvalue weighted by molar-refractivity contribution is 5.58. The molecule has 1 aliphatic rings. The van der Waals surface area contributed by atoms with E-state index in [1.165, 1.54) is 38.5 Å². The summed E-state index contributed by atoms with van der Waals surface area (Å²) in [4.78, 5) is 0. The van der Waals surface area contributed by atoms with Crippen LogP contribution in [0.25, 0.3) is 0 Å². The van der Waals surface area contributed by atoms with Crippen molar-refractivity contribution in [2.45, 2.75) is 131 Å². The van der Waals surface area contributed by atoms with Crippen molar-refractivity contribution in [1.82, 2.24) is 0 Å². The van der Waals surface area contributed by atoms with Gasteiger partial charge in [-0.3, -0.25) is 0 Å². The number of aromatic hydroxyl groups is 1. The monoisotopic (exact) mass is 449 g/mol. The Balaban J connectivity index is 1.93. The summed E-state index contributed by atoms with van der Waals surface area (Å²) in [5.41, 5.74) is 1.02. The van der Waals surface area contributed by atoms with Gasteiger partial charge in [-0.15, -0.1) is 0 Å². The molecular weight excluding hydrogens is 396 g/mol. The predicted octanol–water partition coefficient (Wildman–Crippen LogP) is 8.02. The lowest BCUT2D eigenvalue weighted by atomic mass is 9.83. The second-order valence-electron chi connectivity index (χ2n) is 11.1. The molecule has 0 spiro atoms. The SMILES string of the molecule is [2H]C(CC[C@H](C)CCC[C@H](C)CCCC(C)C)[C@]1(C)CCc2c(c(C)c(C)c(O)c2C([2H])([2H])O)O1. The fraction of sp³-hybridized carbons (Fsp3) is 0.793. The zero-order valence-electron chi connectivity index (χ0n) is 24.7. The van der Waals surface area contributed by atoms with E-state index < -0.39 is 18.6 Å². The van der Waals surface area contributed by atoms with Crippen molar-refractivity contribution in [3.63, 3.8) is 0 Å². The predicted molar refractivity (Wildman–Crippen MR) is 136 cm³/mol. The van der Waals surface area contributed by atoms with Gasteiger partial charge in [-0.1, -0.05) is 72.6 Å². The molecule has 0 aromatic heterocycles. The lowest BCUT2D eigenvalue weighted by Gasteiger charge is -2.38. The van der Waals surface area contributed by atoms with Gasteiger partial charge in [0, 0.05) is 12.5 Å². The summed E-state index contributed by atoms with van der Waals surface area (Å²) in [5.74, 6) is 2.49. The van der Waals surface area contributed by atoms with Crippen LogP contribution in [0.4, 0.5) is 0 Å². The van der Waals surface area contributed by atoms with Crippen LogP contribution in [0.15, 0.2) is 0 Å². The van der Waals surface area contributed by atoms with Crippen molar-refractivity contribution in [2.24, 2.45) is 17.8 Å². The van der Waals surface area contributed by atoms with Gasteiger partial charge < -0.3 is 14.9 Å². The number of aliphatic hydroxyl groups is 1. The molecule has 0 aliphatic carbocycles. The van der Waals surface area contributed by atoms with Gasteiger partial charge in [0.1, 0.15) is 17.1 Å². The van der Waals surface area contributed by atoms with Crippen molar-refractivity contribution in [3.8, 4) is 11.5 Å². The van der Waals surface area contributed by atoms with Crippen LogP contribution >= 0.6 is 0 Å². The fourth-order valence-corrected chi connectivity index (χ4v) is 4.97. The van der Waals surface area contributed by atoms with Crippen LogP contribution in [-0.2, 0) is 13.0 Å². The number of phenols is 1. The fourth-order valence-electron chi connectivity index (χ4n) is 4.97. The average molecular weight is 450 g/mol. The molecule has 0 fully saturated rings. The summed E-state index contributed by atoms with van der Waals surface area (Å²) < 4.78 is 30.9. The summed E-state index contributed by atoms with van der Waals surface area (Å²) in [6.45, 7) is 12.1. The minimum absolute atomic E-state index is 0.0914. The summed E-state index contributed by atoms with van der Waals surface area (Å²) >= 11 is 0. The molecule has 0 radical (unpaired) electrons. The molecule has 1 heterocycles. The number of hydrogen-bond acceptors (Lipinski definition) is 3. The van der Waals surface area contributed by atoms with E-state index in [0.29, 0.717) is 35.6 Å². The number of ether oxygens (including phenoxy) is 1. The molecule has 0 saturated heterocycles. The van der Waals surface area contributed by atoms with Crippen molar-refractivity contribution >= 4 is 0 Å². The summed E-state index contributed by atoms with van der Waals surface area (Å²) in [7, 11) is 0. The molecule has 1 unspecified atom stereocenters. The summed E-state index contributed by atoms with van der Waals surface area (Å²) in [6, 6.07) is 0. The Labute approximate surface area is 202 Å². The quantitative estimate of drug-likeness (QED) is 0.320. The number of benzene rings is 1. The summed E-state index contributed by atoms with van der Waals surface area (Å²) in [5, 5.41) is 20.6. The molecule has 1 aliphatic heterocycles. The van der Waals surface area contributed by atoms with E-state index in [1.807, 2.05) is 13.8 Å². The smallest absolute Gasteiger partial charge is 0.127 e. The van der Waals surface area contributed by atoms with Gasteiger partial charge >= 0.3 is 0 Å². The average Bonchev–Trinajstić information content (AvgIpc) is 2.75. The Kier molecular flexibility index (Phi) is 8.67. The zero-order chi connectivity index (χ0) is 26.6. The summed E-state index contributed by atoms with van der Waals surface area (Å²) in [6.07, 6.45) is 10.1. The van der Waals surface area contributed by atoms with Crippen LogP contribution in [0.2, 0.25) is 0 Å². The van der Waals surface area contributed by atoms with Crippen molar-refractivity contribution in [2.75, 3.05) is 0 Å². The third-order valence-electron chi connectivity index (χ3n) is 7.50. The molecule has 1 aromatic rings. The van der Waals surface area contributed by atoms with E-state index in [0.717, 1.165) is 30.2 Å². The molecule has 2 rings (SSSR count). The molecule has 184 valence electrons. The lowest BCUT2D eigenvalue weighted by molar-refractivity contribution is 0.0506. The van der Waals surface area contributed by atoms with Crippen molar-refractivity contribution < 1.29 is 19.1 Å². The zero-order valence-corrected chi connectivity index (χ0v) is 21.7. The largest absolute Gasteiger partial charge is 0.507 e. The van der Waals surface area contributed by atoms with E-state index in [4.69, 9.17) is 8.85 Å². The van der Waals surface area contributed by atoms with Gasteiger partial charge in [0.2, 0.25) is 0 Å². The standard InChI is InChI=1S/C29H50O3/c1-20(2)11-8-12-21(3)13-9-14-22(4)15-10-17-29(7)18-16-25-26(19-30)27(31)23(5)24(6)28(25)32-29/h20-22,30-31H,8-19H2,1-7H3/t21-,22-,29-/m1/s1/i17D,19D2/t17?,21-,22-,29-.